The lowest BCUT2D eigenvalue weighted by atomic mass is 10.1. The molecule has 1 N–H and O–H groups in total. The highest BCUT2D eigenvalue weighted by atomic mass is 19.4. The molecule has 3 nitrogen and oxygen atoms in total. The molecule has 0 aromatic carbocycles. The van der Waals surface area contributed by atoms with Gasteiger partial charge in [-0.15, -0.1) is 0 Å². The number of piperidine rings is 1. The van der Waals surface area contributed by atoms with Gasteiger partial charge in [-0.2, -0.15) is 13.2 Å². The van der Waals surface area contributed by atoms with Crippen molar-refractivity contribution in [3.63, 3.8) is 0 Å². The monoisotopic (exact) mass is 258 g/mol. The molecule has 0 radical (unpaired) electrons. The van der Waals surface area contributed by atoms with Gasteiger partial charge in [0.25, 0.3) is 0 Å². The fourth-order valence-electron chi connectivity index (χ4n) is 2.52. The van der Waals surface area contributed by atoms with Crippen molar-refractivity contribution < 1.29 is 17.9 Å². The molecule has 1 saturated carbocycles. The Bertz CT molecular complexity index is 446. The van der Waals surface area contributed by atoms with Gasteiger partial charge in [0, 0.05) is 12.0 Å². The average molecular weight is 258 g/mol. The number of aromatic nitrogens is 1. The van der Waals surface area contributed by atoms with Crippen LogP contribution in [0, 0.1) is 11.3 Å². The summed E-state index contributed by atoms with van der Waals surface area (Å²) in [5, 5.41) is 3.28. The molecule has 0 bridgehead atoms. The molecule has 1 aliphatic heterocycles. The Balaban J connectivity index is 1.60. The number of rotatable bonds is 3. The van der Waals surface area contributed by atoms with Gasteiger partial charge in [0.1, 0.15) is 11.4 Å². The molecule has 2 fully saturated rings. The summed E-state index contributed by atoms with van der Waals surface area (Å²) >= 11 is 0. The number of pyridine rings is 1. The van der Waals surface area contributed by atoms with Gasteiger partial charge < -0.3 is 10.1 Å². The Morgan fingerprint density at radius 1 is 1.44 bits per heavy atom. The van der Waals surface area contributed by atoms with Crippen LogP contribution in [0.1, 0.15) is 12.1 Å². The standard InChI is InChI=1S/C12H13F3N2O/c13-12(14,15)10-2-1-9(5-17-10)18-7-11-3-8(11)4-16-6-11/h1-2,5,8,16H,3-4,6-7H2. The van der Waals surface area contributed by atoms with E-state index in [2.05, 4.69) is 10.3 Å². The van der Waals surface area contributed by atoms with Crippen molar-refractivity contribution in [2.45, 2.75) is 12.6 Å². The van der Waals surface area contributed by atoms with Gasteiger partial charge in [-0.05, 0) is 31.0 Å². The van der Waals surface area contributed by atoms with Crippen LogP contribution in [0.4, 0.5) is 13.2 Å². The minimum absolute atomic E-state index is 0.211. The number of hydrogen-bond acceptors (Lipinski definition) is 3. The predicted octanol–water partition coefficient (Wildman–Crippen LogP) is 2.09. The predicted molar refractivity (Wildman–Crippen MR) is 58.1 cm³/mol. The molecule has 1 aliphatic carbocycles. The van der Waals surface area contributed by atoms with Crippen LogP contribution in [0.25, 0.3) is 0 Å². The number of alkyl halides is 3. The molecule has 3 rings (SSSR count). The van der Waals surface area contributed by atoms with Crippen molar-refractivity contribution in [1.82, 2.24) is 10.3 Å². The lowest BCUT2D eigenvalue weighted by Gasteiger charge is -2.13. The topological polar surface area (TPSA) is 34.1 Å². The largest absolute Gasteiger partial charge is 0.491 e. The first-order valence-corrected chi connectivity index (χ1v) is 5.86. The molecular formula is C12H13F3N2O. The second-order valence-electron chi connectivity index (χ2n) is 5.06. The summed E-state index contributed by atoms with van der Waals surface area (Å²) in [6.07, 6.45) is -2.11. The van der Waals surface area contributed by atoms with Crippen LogP contribution in [0.5, 0.6) is 5.75 Å². The molecule has 6 heteroatoms. The number of ether oxygens (including phenoxy) is 1. The van der Waals surface area contributed by atoms with E-state index >= 15 is 0 Å². The summed E-state index contributed by atoms with van der Waals surface area (Å²) in [4.78, 5) is 3.37. The van der Waals surface area contributed by atoms with E-state index in [1.54, 1.807) is 0 Å². The smallest absolute Gasteiger partial charge is 0.433 e. The number of nitrogens with zero attached hydrogens (tertiary/aromatic N) is 1. The van der Waals surface area contributed by atoms with E-state index in [0.29, 0.717) is 18.3 Å². The van der Waals surface area contributed by atoms with Gasteiger partial charge in [0.05, 0.1) is 12.8 Å². The van der Waals surface area contributed by atoms with Crippen molar-refractivity contribution in [1.29, 1.82) is 0 Å². The first-order chi connectivity index (χ1) is 8.50. The number of halogens is 3. The lowest BCUT2D eigenvalue weighted by molar-refractivity contribution is -0.141. The summed E-state index contributed by atoms with van der Waals surface area (Å²) in [7, 11) is 0. The summed E-state index contributed by atoms with van der Waals surface area (Å²) in [6.45, 7) is 2.51. The summed E-state index contributed by atoms with van der Waals surface area (Å²) in [5.41, 5.74) is -0.678. The highest BCUT2D eigenvalue weighted by Gasteiger charge is 2.57. The summed E-state index contributed by atoms with van der Waals surface area (Å²) in [5.74, 6) is 1.06. The van der Waals surface area contributed by atoms with E-state index in [9.17, 15) is 13.2 Å². The van der Waals surface area contributed by atoms with Crippen molar-refractivity contribution in [2.24, 2.45) is 11.3 Å². The Morgan fingerprint density at radius 2 is 2.28 bits per heavy atom. The zero-order valence-corrected chi connectivity index (χ0v) is 9.63. The van der Waals surface area contributed by atoms with Gasteiger partial charge in [-0.3, -0.25) is 0 Å². The SMILES string of the molecule is FC(F)(F)c1ccc(OCC23CNCC2C3)cn1. The van der Waals surface area contributed by atoms with E-state index in [1.165, 1.54) is 6.07 Å². The van der Waals surface area contributed by atoms with Crippen molar-refractivity contribution in [2.75, 3.05) is 19.7 Å². The molecule has 2 aliphatic rings. The molecule has 0 spiro atoms. The van der Waals surface area contributed by atoms with E-state index in [1.807, 2.05) is 0 Å². The van der Waals surface area contributed by atoms with Crippen LogP contribution >= 0.6 is 0 Å². The van der Waals surface area contributed by atoms with E-state index in [4.69, 9.17) is 4.74 Å². The molecule has 1 aromatic heterocycles. The van der Waals surface area contributed by atoms with E-state index < -0.39 is 11.9 Å². The van der Waals surface area contributed by atoms with Gasteiger partial charge >= 0.3 is 6.18 Å². The molecule has 1 aromatic rings. The zero-order chi connectivity index (χ0) is 12.8. The molecule has 98 valence electrons. The Hall–Kier alpha value is -1.30. The van der Waals surface area contributed by atoms with Crippen LogP contribution in [-0.4, -0.2) is 24.7 Å². The van der Waals surface area contributed by atoms with Crippen molar-refractivity contribution in [3.8, 4) is 5.75 Å². The third-order valence-corrected chi connectivity index (χ3v) is 3.78. The quantitative estimate of drug-likeness (QED) is 0.901. The van der Waals surface area contributed by atoms with E-state index in [0.717, 1.165) is 31.8 Å². The molecule has 2 heterocycles. The Morgan fingerprint density at radius 3 is 2.78 bits per heavy atom. The van der Waals surface area contributed by atoms with Gasteiger partial charge in [-0.25, -0.2) is 4.98 Å². The van der Waals surface area contributed by atoms with Crippen LogP contribution in [0.15, 0.2) is 18.3 Å². The zero-order valence-electron chi connectivity index (χ0n) is 9.63. The Kier molecular flexibility index (Phi) is 2.52. The number of fused-ring (bicyclic) bond motifs is 1. The molecule has 2 atom stereocenters. The van der Waals surface area contributed by atoms with Crippen LogP contribution < -0.4 is 10.1 Å². The summed E-state index contributed by atoms with van der Waals surface area (Å²) in [6, 6.07) is 2.27. The maximum atomic E-state index is 12.3. The first kappa shape index (κ1) is 11.8. The minimum atomic E-state index is -4.39. The second kappa shape index (κ2) is 3.85. The van der Waals surface area contributed by atoms with Gasteiger partial charge in [0.2, 0.25) is 0 Å². The second-order valence-corrected chi connectivity index (χ2v) is 5.06. The third kappa shape index (κ3) is 2.05. The molecule has 2 unspecified atom stereocenters. The maximum Gasteiger partial charge on any atom is 0.433 e. The Labute approximate surface area is 102 Å². The van der Waals surface area contributed by atoms with Gasteiger partial charge in [0.15, 0.2) is 0 Å². The lowest BCUT2D eigenvalue weighted by Crippen LogP contribution is -2.22. The van der Waals surface area contributed by atoms with Crippen molar-refractivity contribution >= 4 is 0 Å². The maximum absolute atomic E-state index is 12.3. The summed E-state index contributed by atoms with van der Waals surface area (Å²) < 4.78 is 42.5. The van der Waals surface area contributed by atoms with Crippen molar-refractivity contribution in [3.05, 3.63) is 24.0 Å². The minimum Gasteiger partial charge on any atom is -0.491 e. The molecular weight excluding hydrogens is 245 g/mol. The molecule has 18 heavy (non-hydrogen) atoms. The highest BCUT2D eigenvalue weighted by Crippen LogP contribution is 2.54. The molecule has 0 amide bonds. The average Bonchev–Trinajstić information content (AvgIpc) is 2.88. The fraction of sp³-hybridized carbons (Fsp3) is 0.583. The highest BCUT2D eigenvalue weighted by molar-refractivity contribution is 5.22. The third-order valence-electron chi connectivity index (χ3n) is 3.78. The fourth-order valence-corrected chi connectivity index (χ4v) is 2.52. The number of hydrogen-bond donors (Lipinski definition) is 1. The van der Waals surface area contributed by atoms with Crippen LogP contribution in [0.2, 0.25) is 0 Å². The first-order valence-electron chi connectivity index (χ1n) is 5.86. The molecule has 1 saturated heterocycles. The number of nitrogens with one attached hydrogen (secondary N) is 1. The normalized spacial score (nSPS) is 30.1. The van der Waals surface area contributed by atoms with Crippen LogP contribution in [0.3, 0.4) is 0 Å². The van der Waals surface area contributed by atoms with Gasteiger partial charge in [-0.1, -0.05) is 0 Å². The van der Waals surface area contributed by atoms with Crippen LogP contribution in [-0.2, 0) is 6.18 Å². The van der Waals surface area contributed by atoms with E-state index in [-0.39, 0.29) is 5.41 Å².